The van der Waals surface area contributed by atoms with Crippen molar-refractivity contribution in [3.63, 3.8) is 0 Å². The highest BCUT2D eigenvalue weighted by molar-refractivity contribution is 7.07. The van der Waals surface area contributed by atoms with Crippen molar-refractivity contribution in [2.75, 3.05) is 34.0 Å². The largest absolute Gasteiger partial charge is 0.493 e. The summed E-state index contributed by atoms with van der Waals surface area (Å²) in [5, 5.41) is 2.29. The summed E-state index contributed by atoms with van der Waals surface area (Å²) in [6.45, 7) is 5.72. The summed E-state index contributed by atoms with van der Waals surface area (Å²) in [5.74, 6) is 0.574. The lowest BCUT2D eigenvalue weighted by atomic mass is 9.95. The van der Waals surface area contributed by atoms with E-state index in [0.29, 0.717) is 62.4 Å². The Morgan fingerprint density at radius 3 is 2.37 bits per heavy atom. The Labute approximate surface area is 304 Å². The molecule has 52 heavy (non-hydrogen) atoms. The van der Waals surface area contributed by atoms with Gasteiger partial charge >= 0.3 is 11.9 Å². The minimum atomic E-state index is -0.883. The number of hydrogen-bond acceptors (Lipinski definition) is 11. The molecule has 11 nitrogen and oxygen atoms in total. The molecule has 2 heterocycles. The Balaban J connectivity index is 1.36. The van der Waals surface area contributed by atoms with Crippen LogP contribution >= 0.6 is 11.3 Å². The van der Waals surface area contributed by atoms with Crippen LogP contribution in [-0.2, 0) is 25.7 Å². The van der Waals surface area contributed by atoms with Crippen LogP contribution in [0.4, 0.5) is 0 Å². The van der Waals surface area contributed by atoms with Crippen molar-refractivity contribution in [2.45, 2.75) is 33.4 Å². The molecule has 0 N–H and O–H groups in total. The Morgan fingerprint density at radius 2 is 1.62 bits per heavy atom. The van der Waals surface area contributed by atoms with Crippen molar-refractivity contribution >= 4 is 40.1 Å². The van der Waals surface area contributed by atoms with Crippen molar-refractivity contribution in [3.8, 4) is 23.0 Å². The summed E-state index contributed by atoms with van der Waals surface area (Å²) in [6.07, 6.45) is 1.76. The summed E-state index contributed by atoms with van der Waals surface area (Å²) in [6, 6.07) is 24.0. The lowest BCUT2D eigenvalue weighted by Crippen LogP contribution is -2.40. The molecule has 0 aliphatic carbocycles. The van der Waals surface area contributed by atoms with Gasteiger partial charge in [0, 0.05) is 0 Å². The number of esters is 2. The highest BCUT2D eigenvalue weighted by Gasteiger charge is 2.34. The van der Waals surface area contributed by atoms with Crippen LogP contribution in [0.5, 0.6) is 23.0 Å². The molecule has 0 saturated carbocycles. The van der Waals surface area contributed by atoms with E-state index >= 15 is 0 Å². The van der Waals surface area contributed by atoms with Gasteiger partial charge in [0.25, 0.3) is 5.56 Å². The van der Waals surface area contributed by atoms with Crippen LogP contribution in [0.2, 0.25) is 0 Å². The standard InChI is InChI=1S/C40H38N2O9S/c1-6-48-33-21-29(15-17-31(33)51-23-35(43)47-5)37-36(39(45)49-7-2)24(3)41-40-42(37)38(44)34(52-40)20-25-13-16-30(32(19-25)46-4)50-22-26-12-14-27-10-8-9-11-28(27)18-26/h8-21,37H,6-7,22-23H2,1-5H3/b34-20-/t37-/m1/s1. The molecule has 0 unspecified atom stereocenters. The Morgan fingerprint density at radius 1 is 0.846 bits per heavy atom. The summed E-state index contributed by atoms with van der Waals surface area (Å²) in [5.41, 5.74) is 2.60. The number of fused-ring (bicyclic) bond motifs is 2. The maximum atomic E-state index is 14.2. The van der Waals surface area contributed by atoms with Crippen molar-refractivity contribution in [1.82, 2.24) is 4.57 Å². The van der Waals surface area contributed by atoms with Crippen molar-refractivity contribution < 1.29 is 38.0 Å². The molecule has 0 amide bonds. The van der Waals surface area contributed by atoms with Gasteiger partial charge in [-0.3, -0.25) is 9.36 Å². The molecule has 0 saturated heterocycles. The molecule has 12 heteroatoms. The van der Waals surface area contributed by atoms with Crippen molar-refractivity contribution in [1.29, 1.82) is 0 Å². The Hall–Kier alpha value is -5.88. The summed E-state index contributed by atoms with van der Waals surface area (Å²) in [7, 11) is 2.84. The van der Waals surface area contributed by atoms with Gasteiger partial charge < -0.3 is 28.4 Å². The SMILES string of the molecule is CCOC(=O)C1=C(C)N=c2s/c(=C\c3ccc(OCc4ccc5ccccc5c4)c(OC)c3)c(=O)n2[C@@H]1c1ccc(OCC(=O)OC)c(OCC)c1. The second-order valence-electron chi connectivity index (χ2n) is 11.7. The van der Waals surface area contributed by atoms with Crippen LogP contribution in [0.3, 0.4) is 0 Å². The number of aromatic nitrogens is 1. The summed E-state index contributed by atoms with van der Waals surface area (Å²) >= 11 is 1.21. The molecule has 1 aliphatic heterocycles. The number of thiazole rings is 1. The first kappa shape index (κ1) is 35.9. The van der Waals surface area contributed by atoms with Gasteiger partial charge in [0.2, 0.25) is 0 Å². The van der Waals surface area contributed by atoms with Crippen LogP contribution < -0.4 is 33.8 Å². The molecule has 1 aliphatic rings. The van der Waals surface area contributed by atoms with E-state index in [4.69, 9.17) is 28.4 Å². The third-order valence-electron chi connectivity index (χ3n) is 8.37. The molecule has 268 valence electrons. The van der Waals surface area contributed by atoms with Gasteiger partial charge in [-0.2, -0.15) is 0 Å². The molecule has 0 radical (unpaired) electrons. The molecule has 1 aromatic heterocycles. The van der Waals surface area contributed by atoms with E-state index in [1.54, 1.807) is 45.2 Å². The molecule has 0 bridgehead atoms. The number of methoxy groups -OCH3 is 2. The fraction of sp³-hybridized carbons (Fsp3) is 0.250. The third-order valence-corrected chi connectivity index (χ3v) is 9.35. The number of ether oxygens (including phenoxy) is 6. The van der Waals surface area contributed by atoms with Crippen molar-refractivity contribution in [3.05, 3.63) is 127 Å². The first-order valence-electron chi connectivity index (χ1n) is 16.7. The molecular formula is C40H38N2O9S. The van der Waals surface area contributed by atoms with E-state index in [-0.39, 0.29) is 24.3 Å². The van der Waals surface area contributed by atoms with E-state index in [1.165, 1.54) is 23.0 Å². The number of carbonyl (C=O) groups excluding carboxylic acids is 2. The lowest BCUT2D eigenvalue weighted by Gasteiger charge is -2.25. The van der Waals surface area contributed by atoms with Gasteiger partial charge in [-0.15, -0.1) is 0 Å². The Bertz CT molecular complexity index is 2360. The highest BCUT2D eigenvalue weighted by atomic mass is 32.1. The van der Waals surface area contributed by atoms with Crippen LogP contribution in [-0.4, -0.2) is 50.5 Å². The molecule has 0 spiro atoms. The molecular weight excluding hydrogens is 685 g/mol. The lowest BCUT2D eigenvalue weighted by molar-refractivity contribution is -0.143. The molecule has 0 fully saturated rings. The van der Waals surface area contributed by atoms with E-state index < -0.39 is 18.0 Å². The second kappa shape index (κ2) is 16.0. The predicted molar refractivity (Wildman–Crippen MR) is 197 cm³/mol. The highest BCUT2D eigenvalue weighted by Crippen LogP contribution is 2.37. The average molecular weight is 723 g/mol. The van der Waals surface area contributed by atoms with E-state index in [1.807, 2.05) is 43.3 Å². The maximum absolute atomic E-state index is 14.2. The van der Waals surface area contributed by atoms with Crippen LogP contribution in [0, 0.1) is 0 Å². The van der Waals surface area contributed by atoms with Crippen molar-refractivity contribution in [2.24, 2.45) is 4.99 Å². The predicted octanol–water partition coefficient (Wildman–Crippen LogP) is 5.49. The minimum Gasteiger partial charge on any atom is -0.493 e. The third kappa shape index (κ3) is 7.57. The topological polar surface area (TPSA) is 124 Å². The van der Waals surface area contributed by atoms with Gasteiger partial charge in [0.05, 0.1) is 49.3 Å². The smallest absolute Gasteiger partial charge is 0.343 e. The number of allylic oxidation sites excluding steroid dienone is 1. The first-order chi connectivity index (χ1) is 25.2. The van der Waals surface area contributed by atoms with E-state index in [0.717, 1.165) is 16.3 Å². The van der Waals surface area contributed by atoms with Gasteiger partial charge in [-0.25, -0.2) is 14.6 Å². The minimum absolute atomic E-state index is 0.140. The van der Waals surface area contributed by atoms with Gasteiger partial charge in [0.15, 0.2) is 34.4 Å². The molecule has 5 aromatic rings. The number of carbonyl (C=O) groups is 2. The van der Waals surface area contributed by atoms with E-state index in [2.05, 4.69) is 29.3 Å². The maximum Gasteiger partial charge on any atom is 0.343 e. The second-order valence-corrected chi connectivity index (χ2v) is 12.7. The monoisotopic (exact) mass is 722 g/mol. The number of benzene rings is 4. The fourth-order valence-corrected chi connectivity index (χ4v) is 6.97. The number of hydrogen-bond donors (Lipinski definition) is 0. The van der Waals surface area contributed by atoms with Gasteiger partial charge in [-0.05, 0) is 84.6 Å². The van der Waals surface area contributed by atoms with Crippen LogP contribution in [0.1, 0.15) is 43.5 Å². The quantitative estimate of drug-likeness (QED) is 0.145. The van der Waals surface area contributed by atoms with Gasteiger partial charge in [0.1, 0.15) is 6.61 Å². The molecule has 1 atom stereocenters. The van der Waals surface area contributed by atoms with Gasteiger partial charge in [-0.1, -0.05) is 59.9 Å². The van der Waals surface area contributed by atoms with Crippen LogP contribution in [0.25, 0.3) is 16.8 Å². The molecule has 4 aromatic carbocycles. The fourth-order valence-electron chi connectivity index (χ4n) is 5.92. The number of nitrogens with zero attached hydrogens (tertiary/aromatic N) is 2. The average Bonchev–Trinajstić information content (AvgIpc) is 3.46. The molecule has 6 rings (SSSR count). The number of rotatable bonds is 13. The van der Waals surface area contributed by atoms with E-state index in [9.17, 15) is 14.4 Å². The zero-order valence-corrected chi connectivity index (χ0v) is 30.3. The zero-order valence-electron chi connectivity index (χ0n) is 29.5. The summed E-state index contributed by atoms with van der Waals surface area (Å²) < 4.78 is 35.3. The summed E-state index contributed by atoms with van der Waals surface area (Å²) in [4.78, 5) is 44.5. The zero-order chi connectivity index (χ0) is 36.8. The normalized spacial score (nSPS) is 14.0. The Kier molecular flexibility index (Phi) is 11.0. The first-order valence-corrected chi connectivity index (χ1v) is 17.5. The van der Waals surface area contributed by atoms with Crippen LogP contribution in [0.15, 0.2) is 99.9 Å².